The molecule has 1 amide bonds. The highest BCUT2D eigenvalue weighted by molar-refractivity contribution is 7.17. The summed E-state index contributed by atoms with van der Waals surface area (Å²) < 4.78 is 0. The summed E-state index contributed by atoms with van der Waals surface area (Å²) in [4.78, 5) is 16.8. The first-order valence-electron chi connectivity index (χ1n) is 5.92. The van der Waals surface area contributed by atoms with Crippen LogP contribution in [-0.2, 0) is 13.1 Å². The summed E-state index contributed by atoms with van der Waals surface area (Å²) in [5.74, 6) is -0.136. The van der Waals surface area contributed by atoms with E-state index in [9.17, 15) is 4.79 Å². The summed E-state index contributed by atoms with van der Waals surface area (Å²) in [7, 11) is 1.81. The normalized spacial score (nSPS) is 10.4. The number of nitrogens with one attached hydrogen (secondary N) is 2. The maximum atomic E-state index is 12.1. The van der Waals surface area contributed by atoms with Crippen molar-refractivity contribution < 1.29 is 4.79 Å². The predicted molar refractivity (Wildman–Crippen MR) is 76.9 cm³/mol. The summed E-state index contributed by atoms with van der Waals surface area (Å²) in [6, 6.07) is 9.77. The molecule has 4 N–H and O–H groups in total. The van der Waals surface area contributed by atoms with Crippen molar-refractivity contribution in [2.45, 2.75) is 13.1 Å². The van der Waals surface area contributed by atoms with Gasteiger partial charge in [0.25, 0.3) is 5.91 Å². The number of anilines is 1. The minimum absolute atomic E-state index is 0.136. The monoisotopic (exact) mass is 276 g/mol. The van der Waals surface area contributed by atoms with E-state index < -0.39 is 0 Å². The number of thiazole rings is 1. The Hall–Kier alpha value is -1.92. The number of nitrogens with zero attached hydrogens (tertiary/aromatic N) is 1. The van der Waals surface area contributed by atoms with Gasteiger partial charge < -0.3 is 16.4 Å². The Labute approximate surface area is 115 Å². The first kappa shape index (κ1) is 13.5. The van der Waals surface area contributed by atoms with Crippen molar-refractivity contribution in [1.29, 1.82) is 0 Å². The highest BCUT2D eigenvalue weighted by atomic mass is 32.1. The fourth-order valence-corrected chi connectivity index (χ4v) is 2.46. The van der Waals surface area contributed by atoms with Crippen molar-refractivity contribution in [3.63, 3.8) is 0 Å². The number of amides is 1. The average molecular weight is 276 g/mol. The van der Waals surface area contributed by atoms with Crippen LogP contribution in [0.15, 0.2) is 30.3 Å². The summed E-state index contributed by atoms with van der Waals surface area (Å²) in [6.45, 7) is 1.03. The largest absolute Gasteiger partial charge is 0.375 e. The SMILES string of the molecule is CNCc1nc(N)sc1C(=O)NCc1ccccc1. The van der Waals surface area contributed by atoms with Gasteiger partial charge in [0.15, 0.2) is 5.13 Å². The topological polar surface area (TPSA) is 80.0 Å². The molecule has 100 valence electrons. The third kappa shape index (κ3) is 3.52. The average Bonchev–Trinajstić information content (AvgIpc) is 2.79. The van der Waals surface area contributed by atoms with Crippen LogP contribution in [0.5, 0.6) is 0 Å². The lowest BCUT2D eigenvalue weighted by molar-refractivity contribution is 0.0953. The molecule has 0 saturated heterocycles. The van der Waals surface area contributed by atoms with Gasteiger partial charge >= 0.3 is 0 Å². The molecule has 1 aromatic heterocycles. The highest BCUT2D eigenvalue weighted by Gasteiger charge is 2.16. The summed E-state index contributed by atoms with van der Waals surface area (Å²) in [5.41, 5.74) is 7.40. The molecule has 0 saturated carbocycles. The number of rotatable bonds is 5. The molecule has 0 unspecified atom stereocenters. The van der Waals surface area contributed by atoms with Gasteiger partial charge in [-0.2, -0.15) is 0 Å². The van der Waals surface area contributed by atoms with Gasteiger partial charge in [0, 0.05) is 13.1 Å². The lowest BCUT2D eigenvalue weighted by Crippen LogP contribution is -2.23. The summed E-state index contributed by atoms with van der Waals surface area (Å²) >= 11 is 1.21. The van der Waals surface area contributed by atoms with Crippen molar-refractivity contribution in [2.24, 2.45) is 0 Å². The predicted octanol–water partition coefficient (Wildman–Crippen LogP) is 1.37. The van der Waals surface area contributed by atoms with Crippen LogP contribution in [0.1, 0.15) is 20.9 Å². The maximum absolute atomic E-state index is 12.1. The molecular weight excluding hydrogens is 260 g/mol. The van der Waals surface area contributed by atoms with Crippen LogP contribution in [0.2, 0.25) is 0 Å². The zero-order valence-electron chi connectivity index (χ0n) is 10.6. The molecule has 0 bridgehead atoms. The zero-order valence-corrected chi connectivity index (χ0v) is 11.5. The summed E-state index contributed by atoms with van der Waals surface area (Å²) in [6.07, 6.45) is 0. The standard InChI is InChI=1S/C13H16N4OS/c1-15-8-10-11(19-13(14)17-10)12(18)16-7-9-5-3-2-4-6-9/h2-6,15H,7-8H2,1H3,(H2,14,17)(H,16,18). The van der Waals surface area contributed by atoms with Gasteiger partial charge in [-0.05, 0) is 12.6 Å². The van der Waals surface area contributed by atoms with E-state index in [1.54, 1.807) is 7.05 Å². The second-order valence-corrected chi connectivity index (χ2v) is 5.06. The Balaban J connectivity index is 2.03. The van der Waals surface area contributed by atoms with Crippen LogP contribution in [-0.4, -0.2) is 17.9 Å². The second-order valence-electron chi connectivity index (χ2n) is 4.03. The second kappa shape index (κ2) is 6.31. The van der Waals surface area contributed by atoms with Gasteiger partial charge in [0.05, 0.1) is 5.69 Å². The quantitative estimate of drug-likeness (QED) is 0.770. The number of carbonyl (C=O) groups is 1. The number of hydrogen-bond donors (Lipinski definition) is 3. The zero-order chi connectivity index (χ0) is 13.7. The maximum Gasteiger partial charge on any atom is 0.263 e. The molecule has 0 aliphatic heterocycles. The molecule has 2 aromatic rings. The smallest absolute Gasteiger partial charge is 0.263 e. The molecular formula is C13H16N4OS. The lowest BCUT2D eigenvalue weighted by atomic mass is 10.2. The third-order valence-electron chi connectivity index (χ3n) is 2.56. The van der Waals surface area contributed by atoms with E-state index in [0.717, 1.165) is 5.56 Å². The van der Waals surface area contributed by atoms with Gasteiger partial charge in [0.1, 0.15) is 4.88 Å². The molecule has 0 fully saturated rings. The van der Waals surface area contributed by atoms with E-state index in [2.05, 4.69) is 15.6 Å². The Morgan fingerprint density at radius 2 is 2.05 bits per heavy atom. The molecule has 6 heteroatoms. The number of hydrogen-bond acceptors (Lipinski definition) is 5. The van der Waals surface area contributed by atoms with Crippen LogP contribution in [0.4, 0.5) is 5.13 Å². The molecule has 1 aromatic carbocycles. The van der Waals surface area contributed by atoms with Crippen molar-refractivity contribution in [3.05, 3.63) is 46.5 Å². The molecule has 2 rings (SSSR count). The molecule has 0 spiro atoms. The fourth-order valence-electron chi connectivity index (χ4n) is 1.69. The molecule has 5 nitrogen and oxygen atoms in total. The molecule has 0 radical (unpaired) electrons. The highest BCUT2D eigenvalue weighted by Crippen LogP contribution is 2.20. The fraction of sp³-hybridized carbons (Fsp3) is 0.231. The van der Waals surface area contributed by atoms with Crippen molar-refractivity contribution in [1.82, 2.24) is 15.6 Å². The molecule has 1 heterocycles. The van der Waals surface area contributed by atoms with Crippen molar-refractivity contribution in [2.75, 3.05) is 12.8 Å². The number of carbonyl (C=O) groups excluding carboxylic acids is 1. The Kier molecular flexibility index (Phi) is 4.48. The van der Waals surface area contributed by atoms with Crippen LogP contribution >= 0.6 is 11.3 Å². The molecule has 0 aliphatic carbocycles. The minimum atomic E-state index is -0.136. The molecule has 19 heavy (non-hydrogen) atoms. The van der Waals surface area contributed by atoms with Crippen LogP contribution in [0, 0.1) is 0 Å². The van der Waals surface area contributed by atoms with Gasteiger partial charge in [-0.15, -0.1) is 0 Å². The minimum Gasteiger partial charge on any atom is -0.375 e. The van der Waals surface area contributed by atoms with Gasteiger partial charge in [-0.3, -0.25) is 4.79 Å². The van der Waals surface area contributed by atoms with Crippen LogP contribution in [0.25, 0.3) is 0 Å². The number of nitrogen functional groups attached to an aromatic ring is 1. The molecule has 0 atom stereocenters. The lowest BCUT2D eigenvalue weighted by Gasteiger charge is -2.05. The summed E-state index contributed by atoms with van der Waals surface area (Å²) in [5, 5.41) is 6.26. The van der Waals surface area contributed by atoms with E-state index in [4.69, 9.17) is 5.73 Å². The number of aromatic nitrogens is 1. The van der Waals surface area contributed by atoms with Crippen molar-refractivity contribution >= 4 is 22.4 Å². The Morgan fingerprint density at radius 1 is 1.32 bits per heavy atom. The van der Waals surface area contributed by atoms with Crippen molar-refractivity contribution in [3.8, 4) is 0 Å². The van der Waals surface area contributed by atoms with Gasteiger partial charge in [0.2, 0.25) is 0 Å². The van der Waals surface area contributed by atoms with E-state index in [-0.39, 0.29) is 5.91 Å². The van der Waals surface area contributed by atoms with Gasteiger partial charge in [-0.1, -0.05) is 41.7 Å². The van der Waals surface area contributed by atoms with E-state index in [1.807, 2.05) is 30.3 Å². The van der Waals surface area contributed by atoms with Crippen LogP contribution in [0.3, 0.4) is 0 Å². The van der Waals surface area contributed by atoms with Crippen LogP contribution < -0.4 is 16.4 Å². The molecule has 0 aliphatic rings. The Morgan fingerprint density at radius 3 is 2.74 bits per heavy atom. The Bertz CT molecular complexity index is 553. The number of nitrogens with two attached hydrogens (primary N) is 1. The number of benzene rings is 1. The first-order chi connectivity index (χ1) is 9.20. The van der Waals surface area contributed by atoms with Gasteiger partial charge in [-0.25, -0.2) is 4.98 Å². The first-order valence-corrected chi connectivity index (χ1v) is 6.74. The van der Waals surface area contributed by atoms with E-state index in [1.165, 1.54) is 11.3 Å². The van der Waals surface area contributed by atoms with E-state index >= 15 is 0 Å². The van der Waals surface area contributed by atoms with E-state index in [0.29, 0.717) is 28.8 Å². The third-order valence-corrected chi connectivity index (χ3v) is 3.49.